The van der Waals surface area contributed by atoms with Gasteiger partial charge in [-0.05, 0) is 48.6 Å². The molecule has 0 atom stereocenters. The third-order valence-corrected chi connectivity index (χ3v) is 6.06. The minimum atomic E-state index is -3.62. The maximum Gasteiger partial charge on any atom is 0.263 e. The van der Waals surface area contributed by atoms with Crippen molar-refractivity contribution in [2.45, 2.75) is 25.3 Å². The molecule has 1 aromatic heterocycles. The van der Waals surface area contributed by atoms with Gasteiger partial charge in [-0.15, -0.1) is 11.3 Å². The Bertz CT molecular complexity index is 719. The molecule has 0 aliphatic carbocycles. The summed E-state index contributed by atoms with van der Waals surface area (Å²) >= 11 is 4.73. The lowest BCUT2D eigenvalue weighted by Crippen LogP contribution is -2.16. The Morgan fingerprint density at radius 3 is 2.60 bits per heavy atom. The van der Waals surface area contributed by atoms with Gasteiger partial charge >= 0.3 is 0 Å². The van der Waals surface area contributed by atoms with Gasteiger partial charge in [-0.1, -0.05) is 15.9 Å². The molecule has 2 rings (SSSR count). The number of nitrogens with one attached hydrogen (secondary N) is 1. The van der Waals surface area contributed by atoms with Gasteiger partial charge in [-0.2, -0.15) is 0 Å². The molecule has 0 spiro atoms. The lowest BCUT2D eigenvalue weighted by atomic mass is 10.2. The number of sulfonamides is 1. The number of anilines is 1. The molecule has 0 aliphatic rings. The number of rotatable bonds is 4. The Balaban J connectivity index is 2.43. The maximum atomic E-state index is 12.5. The third kappa shape index (κ3) is 3.22. The second-order valence-electron chi connectivity index (χ2n) is 4.50. The first-order valence-electron chi connectivity index (χ1n) is 5.90. The van der Waals surface area contributed by atoms with Crippen LogP contribution in [0.4, 0.5) is 5.69 Å². The summed E-state index contributed by atoms with van der Waals surface area (Å²) in [4.78, 5) is 0.962. The zero-order valence-electron chi connectivity index (χ0n) is 11.1. The molecule has 0 saturated carbocycles. The molecule has 0 fully saturated rings. The van der Waals surface area contributed by atoms with Crippen molar-refractivity contribution < 1.29 is 8.42 Å². The zero-order valence-corrected chi connectivity index (χ0v) is 14.3. The fraction of sp³-hybridized carbons (Fsp3) is 0.231. The molecule has 1 aromatic carbocycles. The minimum absolute atomic E-state index is 0.215. The Morgan fingerprint density at radius 2 is 2.00 bits per heavy atom. The van der Waals surface area contributed by atoms with Crippen LogP contribution in [0.2, 0.25) is 0 Å². The van der Waals surface area contributed by atoms with Crippen molar-refractivity contribution in [1.29, 1.82) is 0 Å². The summed E-state index contributed by atoms with van der Waals surface area (Å²) in [5.74, 6) is 0. The van der Waals surface area contributed by atoms with Crippen LogP contribution in [0.15, 0.2) is 32.9 Å². The number of thiophene rings is 1. The van der Waals surface area contributed by atoms with Crippen LogP contribution >= 0.6 is 27.3 Å². The van der Waals surface area contributed by atoms with Crippen LogP contribution in [0.3, 0.4) is 0 Å². The van der Waals surface area contributed by atoms with Crippen LogP contribution < -0.4 is 10.5 Å². The third-order valence-electron chi connectivity index (χ3n) is 2.74. The van der Waals surface area contributed by atoms with E-state index in [0.29, 0.717) is 15.5 Å². The largest absolute Gasteiger partial charge is 0.326 e. The number of hydrogen-bond donors (Lipinski definition) is 2. The number of halogens is 1. The predicted molar refractivity (Wildman–Crippen MR) is 86.6 cm³/mol. The van der Waals surface area contributed by atoms with E-state index in [9.17, 15) is 8.42 Å². The van der Waals surface area contributed by atoms with E-state index in [0.717, 1.165) is 15.6 Å². The lowest BCUT2D eigenvalue weighted by molar-refractivity contribution is 0.600. The summed E-state index contributed by atoms with van der Waals surface area (Å²) < 4.78 is 28.5. The first-order chi connectivity index (χ1) is 9.33. The highest BCUT2D eigenvalue weighted by Crippen LogP contribution is 2.29. The predicted octanol–water partition coefficient (Wildman–Crippen LogP) is 3.39. The van der Waals surface area contributed by atoms with Crippen molar-refractivity contribution in [1.82, 2.24) is 0 Å². The van der Waals surface area contributed by atoms with E-state index in [2.05, 4.69) is 20.7 Å². The molecule has 0 unspecified atom stereocenters. The zero-order chi connectivity index (χ0) is 14.9. The van der Waals surface area contributed by atoms with Crippen LogP contribution in [0.5, 0.6) is 0 Å². The molecule has 0 saturated heterocycles. The molecular formula is C13H15BrN2O2S2. The molecule has 1 heterocycles. The van der Waals surface area contributed by atoms with Gasteiger partial charge in [0.2, 0.25) is 0 Å². The normalized spacial score (nSPS) is 11.6. The SMILES string of the molecule is Cc1cc(Br)cc(NS(=O)(=O)c2c(C)csc2CN)c1. The Labute approximate surface area is 131 Å². The van der Waals surface area contributed by atoms with Gasteiger partial charge < -0.3 is 5.73 Å². The van der Waals surface area contributed by atoms with E-state index in [1.807, 2.05) is 18.4 Å². The fourth-order valence-electron chi connectivity index (χ4n) is 1.99. The highest BCUT2D eigenvalue weighted by molar-refractivity contribution is 9.10. The molecule has 20 heavy (non-hydrogen) atoms. The summed E-state index contributed by atoms with van der Waals surface area (Å²) in [7, 11) is -3.62. The first-order valence-corrected chi connectivity index (χ1v) is 9.06. The standard InChI is InChI=1S/C13H15BrN2O2S2/c1-8-3-10(14)5-11(4-8)16-20(17,18)13-9(2)7-19-12(13)6-15/h3-5,7,16H,6,15H2,1-2H3. The molecule has 2 aromatic rings. The van der Waals surface area contributed by atoms with Crippen LogP contribution in [0, 0.1) is 13.8 Å². The fourth-order valence-corrected chi connectivity index (χ4v) is 5.34. The van der Waals surface area contributed by atoms with Crippen molar-refractivity contribution in [3.63, 3.8) is 0 Å². The van der Waals surface area contributed by atoms with E-state index in [-0.39, 0.29) is 6.54 Å². The minimum Gasteiger partial charge on any atom is -0.326 e. The Kier molecular flexibility index (Phi) is 4.53. The van der Waals surface area contributed by atoms with E-state index in [1.165, 1.54) is 11.3 Å². The van der Waals surface area contributed by atoms with Gasteiger partial charge in [0.05, 0.1) is 5.69 Å². The Morgan fingerprint density at radius 1 is 1.30 bits per heavy atom. The van der Waals surface area contributed by atoms with Crippen molar-refractivity contribution in [2.24, 2.45) is 5.73 Å². The average molecular weight is 375 g/mol. The van der Waals surface area contributed by atoms with Crippen LogP contribution in [-0.2, 0) is 16.6 Å². The van der Waals surface area contributed by atoms with Gasteiger partial charge in [-0.25, -0.2) is 8.42 Å². The molecule has 108 valence electrons. The molecule has 0 amide bonds. The van der Waals surface area contributed by atoms with Gasteiger partial charge in [0, 0.05) is 15.9 Å². The second kappa shape index (κ2) is 5.85. The van der Waals surface area contributed by atoms with E-state index in [1.54, 1.807) is 19.1 Å². The summed E-state index contributed by atoms with van der Waals surface area (Å²) in [6.45, 7) is 3.90. The molecular weight excluding hydrogens is 360 g/mol. The summed E-state index contributed by atoms with van der Waals surface area (Å²) in [6, 6.07) is 5.43. The molecule has 0 aliphatic heterocycles. The second-order valence-corrected chi connectivity index (χ2v) is 8.00. The van der Waals surface area contributed by atoms with Gasteiger partial charge in [0.25, 0.3) is 10.0 Å². The highest BCUT2D eigenvalue weighted by Gasteiger charge is 2.22. The maximum absolute atomic E-state index is 12.5. The summed E-state index contributed by atoms with van der Waals surface area (Å²) in [6.07, 6.45) is 0. The van der Waals surface area contributed by atoms with Crippen LogP contribution in [0.25, 0.3) is 0 Å². The number of hydrogen-bond acceptors (Lipinski definition) is 4. The van der Waals surface area contributed by atoms with E-state index >= 15 is 0 Å². The van der Waals surface area contributed by atoms with Crippen molar-refractivity contribution in [2.75, 3.05) is 4.72 Å². The van der Waals surface area contributed by atoms with Crippen LogP contribution in [-0.4, -0.2) is 8.42 Å². The number of aryl methyl sites for hydroxylation is 2. The monoisotopic (exact) mass is 374 g/mol. The van der Waals surface area contributed by atoms with E-state index in [4.69, 9.17) is 5.73 Å². The van der Waals surface area contributed by atoms with Gasteiger partial charge in [-0.3, -0.25) is 4.72 Å². The highest BCUT2D eigenvalue weighted by atomic mass is 79.9. The molecule has 0 bridgehead atoms. The average Bonchev–Trinajstić information content (AvgIpc) is 2.69. The van der Waals surface area contributed by atoms with Gasteiger partial charge in [0.15, 0.2) is 0 Å². The topological polar surface area (TPSA) is 72.2 Å². The van der Waals surface area contributed by atoms with Gasteiger partial charge in [0.1, 0.15) is 4.90 Å². The first kappa shape index (κ1) is 15.5. The lowest BCUT2D eigenvalue weighted by Gasteiger charge is -2.10. The quantitative estimate of drug-likeness (QED) is 0.861. The van der Waals surface area contributed by atoms with Crippen molar-refractivity contribution in [3.05, 3.63) is 44.1 Å². The van der Waals surface area contributed by atoms with Crippen LogP contribution in [0.1, 0.15) is 16.0 Å². The molecule has 4 nitrogen and oxygen atoms in total. The smallest absolute Gasteiger partial charge is 0.263 e. The van der Waals surface area contributed by atoms with Crippen molar-refractivity contribution >= 4 is 43.0 Å². The van der Waals surface area contributed by atoms with Crippen molar-refractivity contribution in [3.8, 4) is 0 Å². The summed E-state index contributed by atoms with van der Waals surface area (Å²) in [5, 5.41) is 1.81. The molecule has 3 N–H and O–H groups in total. The Hall–Kier alpha value is -0.890. The molecule has 0 radical (unpaired) electrons. The number of benzene rings is 1. The molecule has 7 heteroatoms. The van der Waals surface area contributed by atoms with E-state index < -0.39 is 10.0 Å². The summed E-state index contributed by atoms with van der Waals surface area (Å²) in [5.41, 5.74) is 7.83. The number of nitrogens with two attached hydrogens (primary N) is 1.